The number of fused-ring (bicyclic) bond motifs is 2. The summed E-state index contributed by atoms with van der Waals surface area (Å²) in [5, 5.41) is 5.81. The Morgan fingerprint density at radius 3 is 2.73 bits per heavy atom. The minimum atomic E-state index is -0.0762. The number of anilines is 1. The Kier molecular flexibility index (Phi) is 4.27. The fraction of sp³-hybridized carbons (Fsp3) is 0.0952. The molecule has 0 aliphatic rings. The average molecular weight is 362 g/mol. The number of nitrogens with one attached hydrogen (secondary N) is 1. The summed E-state index contributed by atoms with van der Waals surface area (Å²) in [4.78, 5) is 21.6. The van der Waals surface area contributed by atoms with Crippen molar-refractivity contribution in [1.29, 1.82) is 0 Å². The van der Waals surface area contributed by atoms with Crippen LogP contribution >= 0.6 is 11.6 Å². The summed E-state index contributed by atoms with van der Waals surface area (Å²) in [7, 11) is 0. The number of aryl methyl sites for hydroxylation is 1. The maximum absolute atomic E-state index is 13.0. The number of nitrogens with zero attached hydrogens (tertiary/aromatic N) is 2. The van der Waals surface area contributed by atoms with Gasteiger partial charge in [0.2, 0.25) is 0 Å². The van der Waals surface area contributed by atoms with Gasteiger partial charge in [-0.05, 0) is 48.2 Å². The highest BCUT2D eigenvalue weighted by atomic mass is 35.5. The first-order chi connectivity index (χ1) is 12.6. The molecule has 0 bridgehead atoms. The van der Waals surface area contributed by atoms with E-state index in [2.05, 4.69) is 15.3 Å². The number of benzene rings is 1. The largest absolute Gasteiger partial charge is 0.379 e. The van der Waals surface area contributed by atoms with Gasteiger partial charge in [-0.15, -0.1) is 0 Å². The molecule has 128 valence electrons. The fourth-order valence-corrected chi connectivity index (χ4v) is 3.13. The van der Waals surface area contributed by atoms with Crippen LogP contribution in [0.15, 0.2) is 65.7 Å². The number of hydrogen-bond donors (Lipinski definition) is 1. The summed E-state index contributed by atoms with van der Waals surface area (Å²) in [5.41, 5.74) is 3.54. The van der Waals surface area contributed by atoms with Crippen molar-refractivity contribution in [2.24, 2.45) is 0 Å². The van der Waals surface area contributed by atoms with E-state index in [1.54, 1.807) is 18.5 Å². The molecule has 2 aromatic heterocycles. The zero-order valence-electron chi connectivity index (χ0n) is 14.2. The minimum absolute atomic E-state index is 0.0762. The Morgan fingerprint density at radius 1 is 1.04 bits per heavy atom. The Morgan fingerprint density at radius 2 is 1.88 bits per heavy atom. The van der Waals surface area contributed by atoms with Crippen LogP contribution in [0.5, 0.6) is 0 Å². The van der Waals surface area contributed by atoms with Crippen LogP contribution in [0.2, 0.25) is 5.02 Å². The second-order valence-corrected chi connectivity index (χ2v) is 6.61. The van der Waals surface area contributed by atoms with Crippen molar-refractivity contribution in [2.75, 3.05) is 5.32 Å². The normalized spacial score (nSPS) is 11.0. The van der Waals surface area contributed by atoms with Crippen LogP contribution < -0.4 is 10.7 Å². The third-order valence-electron chi connectivity index (χ3n) is 4.43. The molecule has 4 aromatic rings. The first-order valence-corrected chi connectivity index (χ1v) is 8.66. The molecule has 0 amide bonds. The maximum atomic E-state index is 13.0. The molecule has 1 N–H and O–H groups in total. The maximum Gasteiger partial charge on any atom is 0.195 e. The highest BCUT2D eigenvalue weighted by molar-refractivity contribution is 6.31. The van der Waals surface area contributed by atoms with Crippen LogP contribution in [0.3, 0.4) is 0 Å². The van der Waals surface area contributed by atoms with Gasteiger partial charge in [0.25, 0.3) is 0 Å². The van der Waals surface area contributed by atoms with Crippen molar-refractivity contribution >= 4 is 39.0 Å². The Balaban J connectivity index is 1.79. The van der Waals surface area contributed by atoms with Gasteiger partial charge in [0.05, 0.1) is 22.8 Å². The van der Waals surface area contributed by atoms with Gasteiger partial charge < -0.3 is 5.32 Å². The van der Waals surface area contributed by atoms with Gasteiger partial charge in [0.1, 0.15) is 0 Å². The zero-order valence-corrected chi connectivity index (χ0v) is 14.9. The van der Waals surface area contributed by atoms with Gasteiger partial charge in [-0.1, -0.05) is 29.8 Å². The Hall–Kier alpha value is -2.98. The highest BCUT2D eigenvalue weighted by Gasteiger charge is 2.06. The quantitative estimate of drug-likeness (QED) is 0.573. The molecular weight excluding hydrogens is 346 g/mol. The van der Waals surface area contributed by atoms with Crippen LogP contribution in [-0.2, 0) is 6.54 Å². The lowest BCUT2D eigenvalue weighted by Crippen LogP contribution is -2.04. The van der Waals surface area contributed by atoms with E-state index in [-0.39, 0.29) is 5.43 Å². The molecule has 2 heterocycles. The molecule has 2 aromatic carbocycles. The highest BCUT2D eigenvalue weighted by Crippen LogP contribution is 2.20. The van der Waals surface area contributed by atoms with Crippen LogP contribution in [-0.4, -0.2) is 9.97 Å². The third-order valence-corrected chi connectivity index (χ3v) is 4.63. The fourth-order valence-electron chi connectivity index (χ4n) is 2.98. The van der Waals surface area contributed by atoms with E-state index in [0.29, 0.717) is 27.9 Å². The second kappa shape index (κ2) is 6.73. The monoisotopic (exact) mass is 361 g/mol. The third kappa shape index (κ3) is 3.11. The number of pyridine rings is 2. The van der Waals surface area contributed by atoms with E-state index in [9.17, 15) is 4.79 Å². The van der Waals surface area contributed by atoms with Crippen LogP contribution in [0.4, 0.5) is 5.69 Å². The Labute approximate surface area is 155 Å². The SMILES string of the molecule is Cc1cccnc1CNc1ccc2ccc3ncc(Cl)cc3c(=O)c2c1. The van der Waals surface area contributed by atoms with Crippen molar-refractivity contribution in [3.8, 4) is 0 Å². The van der Waals surface area contributed by atoms with Gasteiger partial charge in [0, 0.05) is 28.9 Å². The van der Waals surface area contributed by atoms with E-state index < -0.39 is 0 Å². The van der Waals surface area contributed by atoms with E-state index in [1.807, 2.05) is 49.4 Å². The van der Waals surface area contributed by atoms with Gasteiger partial charge in [0.15, 0.2) is 5.43 Å². The van der Waals surface area contributed by atoms with Crippen molar-refractivity contribution < 1.29 is 0 Å². The molecule has 0 radical (unpaired) electrons. The number of hydrogen-bond acceptors (Lipinski definition) is 4. The Bertz CT molecular complexity index is 1190. The molecule has 0 spiro atoms. The summed E-state index contributed by atoms with van der Waals surface area (Å²) in [6.45, 7) is 2.63. The molecule has 0 saturated carbocycles. The molecule has 5 heteroatoms. The van der Waals surface area contributed by atoms with Crippen molar-refractivity contribution in [3.63, 3.8) is 0 Å². The van der Waals surface area contributed by atoms with E-state index in [1.165, 1.54) is 0 Å². The van der Waals surface area contributed by atoms with Gasteiger partial charge >= 0.3 is 0 Å². The number of halogens is 1. The predicted molar refractivity (Wildman–Crippen MR) is 107 cm³/mol. The number of aromatic nitrogens is 2. The first kappa shape index (κ1) is 16.5. The minimum Gasteiger partial charge on any atom is -0.379 e. The lowest BCUT2D eigenvalue weighted by Gasteiger charge is -2.08. The second-order valence-electron chi connectivity index (χ2n) is 6.17. The lowest BCUT2D eigenvalue weighted by molar-refractivity contribution is 1.02. The predicted octanol–water partition coefficient (Wildman–Crippen LogP) is 4.72. The summed E-state index contributed by atoms with van der Waals surface area (Å²) >= 11 is 6.03. The molecule has 0 unspecified atom stereocenters. The van der Waals surface area contributed by atoms with Crippen LogP contribution in [0.1, 0.15) is 11.3 Å². The average Bonchev–Trinajstić information content (AvgIpc) is 2.78. The molecule has 0 aliphatic carbocycles. The van der Waals surface area contributed by atoms with E-state index in [4.69, 9.17) is 11.6 Å². The van der Waals surface area contributed by atoms with Crippen molar-refractivity contribution in [2.45, 2.75) is 13.5 Å². The molecule has 0 fully saturated rings. The molecule has 4 nitrogen and oxygen atoms in total. The molecule has 26 heavy (non-hydrogen) atoms. The van der Waals surface area contributed by atoms with Gasteiger partial charge in [-0.3, -0.25) is 14.8 Å². The molecule has 0 saturated heterocycles. The van der Waals surface area contributed by atoms with E-state index >= 15 is 0 Å². The lowest BCUT2D eigenvalue weighted by atomic mass is 10.1. The molecule has 0 aliphatic heterocycles. The summed E-state index contributed by atoms with van der Waals surface area (Å²) < 4.78 is 0. The summed E-state index contributed by atoms with van der Waals surface area (Å²) in [6.07, 6.45) is 3.33. The summed E-state index contributed by atoms with van der Waals surface area (Å²) in [6, 6.07) is 15.1. The van der Waals surface area contributed by atoms with Crippen molar-refractivity contribution in [1.82, 2.24) is 9.97 Å². The molecule has 4 rings (SSSR count). The van der Waals surface area contributed by atoms with Gasteiger partial charge in [-0.2, -0.15) is 0 Å². The van der Waals surface area contributed by atoms with Crippen molar-refractivity contribution in [3.05, 3.63) is 87.4 Å². The van der Waals surface area contributed by atoms with Gasteiger partial charge in [-0.25, -0.2) is 0 Å². The topological polar surface area (TPSA) is 54.9 Å². The molecular formula is C21H16ClN3O. The number of rotatable bonds is 3. The van der Waals surface area contributed by atoms with Crippen LogP contribution in [0.25, 0.3) is 21.7 Å². The van der Waals surface area contributed by atoms with E-state index in [0.717, 1.165) is 22.3 Å². The zero-order chi connectivity index (χ0) is 18.1. The molecule has 0 atom stereocenters. The summed E-state index contributed by atoms with van der Waals surface area (Å²) in [5.74, 6) is 0. The smallest absolute Gasteiger partial charge is 0.195 e. The first-order valence-electron chi connectivity index (χ1n) is 8.28. The standard InChI is InChI=1S/C21H16ClN3O/c1-13-3-2-8-23-20(13)12-24-16-6-4-14-5-7-19-18(9-15(22)11-25-19)21(26)17(14)10-16/h2-11,24H,12H2,1H3. The van der Waals surface area contributed by atoms with Crippen LogP contribution in [0, 0.1) is 6.92 Å².